The van der Waals surface area contributed by atoms with Crippen molar-refractivity contribution >= 4 is 51.1 Å². The second kappa shape index (κ2) is 5.99. The highest BCUT2D eigenvalue weighted by atomic mass is 35.5. The highest BCUT2D eigenvalue weighted by Gasteiger charge is 2.16. The van der Waals surface area contributed by atoms with Crippen LogP contribution in [-0.2, 0) is 0 Å². The van der Waals surface area contributed by atoms with Gasteiger partial charge in [-0.25, -0.2) is 9.97 Å². The molecule has 0 aliphatic carbocycles. The summed E-state index contributed by atoms with van der Waals surface area (Å²) in [5.74, 6) is 0.728. The molecule has 3 heterocycles. The molecule has 0 amide bonds. The summed E-state index contributed by atoms with van der Waals surface area (Å²) in [6.07, 6.45) is 5.13. The molecule has 0 aliphatic rings. The molecule has 6 heteroatoms. The van der Waals surface area contributed by atoms with Gasteiger partial charge in [0.1, 0.15) is 11.5 Å². The molecule has 3 aromatic heterocycles. The summed E-state index contributed by atoms with van der Waals surface area (Å²) in [7, 11) is 0. The van der Waals surface area contributed by atoms with Crippen molar-refractivity contribution in [1.29, 1.82) is 0 Å². The quantitative estimate of drug-likeness (QED) is 0.507. The fraction of sp³-hybridized carbons (Fsp3) is 0. The van der Waals surface area contributed by atoms with Crippen molar-refractivity contribution in [2.45, 2.75) is 0 Å². The van der Waals surface area contributed by atoms with Crippen molar-refractivity contribution in [3.8, 4) is 5.82 Å². The number of rotatable bonds is 2. The number of carbonyl (C=O) groups is 1. The zero-order chi connectivity index (χ0) is 15.1. The standard InChI is InChI=1S/C17H10ClN3O.ClH/c18-15(22)14-10-21(17-13(14)6-3-8-19-17)16-12-5-2-1-4-11(12)7-9-20-16;/h1-10H;1H. The van der Waals surface area contributed by atoms with E-state index in [1.807, 2.05) is 41.0 Å². The molecule has 23 heavy (non-hydrogen) atoms. The van der Waals surface area contributed by atoms with Crippen LogP contribution < -0.4 is 0 Å². The molecular formula is C17H11Cl2N3O. The zero-order valence-corrected chi connectivity index (χ0v) is 13.4. The average Bonchev–Trinajstić information content (AvgIpc) is 2.94. The number of fused-ring (bicyclic) bond motifs is 2. The van der Waals surface area contributed by atoms with Crippen molar-refractivity contribution in [3.05, 3.63) is 66.6 Å². The van der Waals surface area contributed by atoms with Crippen LogP contribution in [0.1, 0.15) is 10.4 Å². The van der Waals surface area contributed by atoms with Crippen molar-refractivity contribution in [2.24, 2.45) is 0 Å². The first kappa shape index (κ1) is 15.5. The predicted octanol–water partition coefficient (Wildman–Crippen LogP) is 4.37. The van der Waals surface area contributed by atoms with E-state index in [4.69, 9.17) is 11.6 Å². The zero-order valence-electron chi connectivity index (χ0n) is 11.8. The minimum absolute atomic E-state index is 0. The van der Waals surface area contributed by atoms with Gasteiger partial charge in [-0.15, -0.1) is 12.4 Å². The molecule has 0 saturated carbocycles. The number of aromatic nitrogens is 3. The van der Waals surface area contributed by atoms with Crippen LogP contribution in [-0.4, -0.2) is 19.8 Å². The average molecular weight is 344 g/mol. The molecule has 4 rings (SSSR count). The first-order chi connectivity index (χ1) is 10.8. The maximum Gasteiger partial charge on any atom is 0.254 e. The molecule has 4 nitrogen and oxygen atoms in total. The number of carbonyl (C=O) groups excluding carboxylic acids is 1. The first-order valence-corrected chi connectivity index (χ1v) is 7.13. The normalized spacial score (nSPS) is 10.7. The van der Waals surface area contributed by atoms with Crippen LogP contribution in [0.3, 0.4) is 0 Å². The van der Waals surface area contributed by atoms with E-state index >= 15 is 0 Å². The van der Waals surface area contributed by atoms with Gasteiger partial charge in [0.15, 0.2) is 0 Å². The molecule has 0 N–H and O–H groups in total. The molecular weight excluding hydrogens is 333 g/mol. The third-order valence-electron chi connectivity index (χ3n) is 3.66. The molecule has 0 fully saturated rings. The van der Waals surface area contributed by atoms with E-state index in [9.17, 15) is 4.79 Å². The van der Waals surface area contributed by atoms with Gasteiger partial charge >= 0.3 is 0 Å². The van der Waals surface area contributed by atoms with Crippen LogP contribution in [0.5, 0.6) is 0 Å². The van der Waals surface area contributed by atoms with E-state index < -0.39 is 5.24 Å². The van der Waals surface area contributed by atoms with E-state index in [0.717, 1.165) is 22.0 Å². The second-order valence-corrected chi connectivity index (χ2v) is 5.26. The Labute approximate surface area is 143 Å². The third kappa shape index (κ3) is 2.46. The van der Waals surface area contributed by atoms with Crippen molar-refractivity contribution in [2.75, 3.05) is 0 Å². The predicted molar refractivity (Wildman–Crippen MR) is 93.8 cm³/mol. The van der Waals surface area contributed by atoms with Gasteiger partial charge in [0, 0.05) is 29.4 Å². The Hall–Kier alpha value is -2.43. The molecule has 0 spiro atoms. The maximum atomic E-state index is 11.7. The summed E-state index contributed by atoms with van der Waals surface area (Å²) in [5.41, 5.74) is 1.09. The molecule has 114 valence electrons. The minimum Gasteiger partial charge on any atom is -0.284 e. The van der Waals surface area contributed by atoms with Gasteiger partial charge in [-0.1, -0.05) is 24.3 Å². The molecule has 0 atom stereocenters. The van der Waals surface area contributed by atoms with Crippen LogP contribution >= 0.6 is 24.0 Å². The lowest BCUT2D eigenvalue weighted by Crippen LogP contribution is -1.98. The van der Waals surface area contributed by atoms with Gasteiger partial charge in [-0.05, 0) is 35.2 Å². The summed E-state index contributed by atoms with van der Waals surface area (Å²) in [5, 5.41) is 2.28. The van der Waals surface area contributed by atoms with Crippen LogP contribution in [0.15, 0.2) is 61.1 Å². The fourth-order valence-corrected chi connectivity index (χ4v) is 2.82. The Morgan fingerprint density at radius 1 is 0.957 bits per heavy atom. The van der Waals surface area contributed by atoms with E-state index in [2.05, 4.69) is 9.97 Å². The lowest BCUT2D eigenvalue weighted by molar-refractivity contribution is 0.108. The highest BCUT2D eigenvalue weighted by Crippen LogP contribution is 2.27. The number of benzene rings is 1. The summed E-state index contributed by atoms with van der Waals surface area (Å²) in [6, 6.07) is 13.5. The molecule has 4 aromatic rings. The molecule has 0 radical (unpaired) electrons. The number of hydrogen-bond acceptors (Lipinski definition) is 3. The van der Waals surface area contributed by atoms with Crippen molar-refractivity contribution in [3.63, 3.8) is 0 Å². The number of nitrogens with zero attached hydrogens (tertiary/aromatic N) is 3. The van der Waals surface area contributed by atoms with Gasteiger partial charge in [0.05, 0.1) is 5.56 Å². The van der Waals surface area contributed by atoms with Crippen LogP contribution in [0.4, 0.5) is 0 Å². The number of pyridine rings is 2. The Kier molecular flexibility index (Phi) is 4.03. The largest absolute Gasteiger partial charge is 0.284 e. The summed E-state index contributed by atoms with van der Waals surface area (Å²) in [4.78, 5) is 20.5. The van der Waals surface area contributed by atoms with E-state index in [1.54, 1.807) is 24.7 Å². The third-order valence-corrected chi connectivity index (χ3v) is 3.86. The van der Waals surface area contributed by atoms with E-state index in [-0.39, 0.29) is 12.4 Å². The topological polar surface area (TPSA) is 47.8 Å². The lowest BCUT2D eigenvalue weighted by atomic mass is 10.1. The summed E-state index contributed by atoms with van der Waals surface area (Å²) < 4.78 is 1.81. The Morgan fingerprint density at radius 2 is 1.74 bits per heavy atom. The van der Waals surface area contributed by atoms with Crippen LogP contribution in [0, 0.1) is 0 Å². The minimum atomic E-state index is -0.503. The Morgan fingerprint density at radius 3 is 2.57 bits per heavy atom. The van der Waals surface area contributed by atoms with Gasteiger partial charge in [-0.2, -0.15) is 0 Å². The van der Waals surface area contributed by atoms with Gasteiger partial charge in [0.25, 0.3) is 5.24 Å². The fourth-order valence-electron chi connectivity index (χ4n) is 2.67. The van der Waals surface area contributed by atoms with Gasteiger partial charge in [-0.3, -0.25) is 9.36 Å². The molecule has 0 unspecified atom stereocenters. The van der Waals surface area contributed by atoms with Crippen molar-refractivity contribution in [1.82, 2.24) is 14.5 Å². The summed E-state index contributed by atoms with van der Waals surface area (Å²) >= 11 is 5.70. The SMILES string of the molecule is Cl.O=C(Cl)c1cn(-c2nccc3ccccc23)c2ncccc12. The maximum absolute atomic E-state index is 11.7. The number of hydrogen-bond donors (Lipinski definition) is 0. The monoisotopic (exact) mass is 343 g/mol. The van der Waals surface area contributed by atoms with Gasteiger partial charge in [0.2, 0.25) is 0 Å². The highest BCUT2D eigenvalue weighted by molar-refractivity contribution is 6.68. The number of halogens is 2. The second-order valence-electron chi connectivity index (χ2n) is 4.92. The molecule has 0 aliphatic heterocycles. The molecule has 1 aromatic carbocycles. The van der Waals surface area contributed by atoms with E-state index in [1.165, 1.54) is 0 Å². The first-order valence-electron chi connectivity index (χ1n) is 6.76. The smallest absolute Gasteiger partial charge is 0.254 e. The summed E-state index contributed by atoms with van der Waals surface area (Å²) in [6.45, 7) is 0. The van der Waals surface area contributed by atoms with Crippen molar-refractivity contribution < 1.29 is 4.79 Å². The molecule has 0 saturated heterocycles. The van der Waals surface area contributed by atoms with Crippen LogP contribution in [0.25, 0.3) is 27.6 Å². The molecule has 0 bridgehead atoms. The van der Waals surface area contributed by atoms with Gasteiger partial charge < -0.3 is 0 Å². The van der Waals surface area contributed by atoms with Crippen LogP contribution in [0.2, 0.25) is 0 Å². The Bertz CT molecular complexity index is 1020. The van der Waals surface area contributed by atoms with E-state index in [0.29, 0.717) is 11.2 Å². The Balaban J connectivity index is 0.00000156. The lowest BCUT2D eigenvalue weighted by Gasteiger charge is -2.07.